The molecule has 2 aliphatic rings. The molecular formula is C16H26N4O2S. The van der Waals surface area contributed by atoms with Gasteiger partial charge >= 0.3 is 5.69 Å². The Kier molecular flexibility index (Phi) is 5.14. The molecule has 128 valence electrons. The Balaban J connectivity index is 1.49. The van der Waals surface area contributed by atoms with Crippen LogP contribution in [0, 0.1) is 17.8 Å². The van der Waals surface area contributed by atoms with E-state index in [1.807, 2.05) is 6.92 Å². The number of hydrogen-bond donors (Lipinski definition) is 2. The first-order chi connectivity index (χ1) is 11.1. The molecule has 23 heavy (non-hydrogen) atoms. The summed E-state index contributed by atoms with van der Waals surface area (Å²) in [5, 5.41) is 10.2. The molecule has 3 rings (SSSR count). The zero-order valence-electron chi connectivity index (χ0n) is 13.9. The van der Waals surface area contributed by atoms with Crippen molar-refractivity contribution in [2.24, 2.45) is 17.8 Å². The van der Waals surface area contributed by atoms with Crippen molar-refractivity contribution in [1.29, 1.82) is 0 Å². The van der Waals surface area contributed by atoms with Crippen molar-refractivity contribution >= 4 is 17.7 Å². The van der Waals surface area contributed by atoms with Gasteiger partial charge in [0, 0.05) is 12.6 Å². The zero-order chi connectivity index (χ0) is 16.4. The van der Waals surface area contributed by atoms with Gasteiger partial charge in [-0.15, -0.1) is 5.10 Å². The van der Waals surface area contributed by atoms with Gasteiger partial charge in [-0.3, -0.25) is 9.36 Å². The summed E-state index contributed by atoms with van der Waals surface area (Å²) in [5.74, 6) is 2.68. The van der Waals surface area contributed by atoms with Crippen LogP contribution in [0.15, 0.2) is 9.95 Å². The molecule has 1 aromatic heterocycles. The summed E-state index contributed by atoms with van der Waals surface area (Å²) in [6.45, 7) is 4.77. The van der Waals surface area contributed by atoms with Gasteiger partial charge in [-0.2, -0.15) is 0 Å². The average Bonchev–Trinajstić information content (AvgIpc) is 3.23. The molecule has 0 aliphatic heterocycles. The first-order valence-corrected chi connectivity index (χ1v) is 9.64. The SMILES string of the molecule is CCCn1c(SCC(=O)N[C@@H](C)[C@H]2C[C@H]3CC[C@H]2C3)n[nH]c1=O. The number of amides is 1. The first-order valence-electron chi connectivity index (χ1n) is 8.65. The van der Waals surface area contributed by atoms with E-state index in [9.17, 15) is 9.59 Å². The highest BCUT2D eigenvalue weighted by molar-refractivity contribution is 7.99. The standard InChI is InChI=1S/C16H26N4O2S/c1-3-6-20-15(22)18-19-16(20)23-9-14(21)17-10(2)13-8-11-4-5-12(13)7-11/h10-13H,3-9H2,1-2H3,(H,17,21)(H,18,22)/t10-,11-,12-,13+/m0/s1. The lowest BCUT2D eigenvalue weighted by molar-refractivity contribution is -0.119. The van der Waals surface area contributed by atoms with Crippen molar-refractivity contribution in [2.45, 2.75) is 63.7 Å². The maximum Gasteiger partial charge on any atom is 0.343 e. The first kappa shape index (κ1) is 16.6. The van der Waals surface area contributed by atoms with Crippen LogP contribution in [-0.2, 0) is 11.3 Å². The van der Waals surface area contributed by atoms with Crippen LogP contribution < -0.4 is 11.0 Å². The Morgan fingerprint density at radius 1 is 1.48 bits per heavy atom. The number of thioether (sulfide) groups is 1. The summed E-state index contributed by atoms with van der Waals surface area (Å²) in [6, 6.07) is 0.246. The van der Waals surface area contributed by atoms with Crippen molar-refractivity contribution in [3.05, 3.63) is 10.5 Å². The fourth-order valence-electron chi connectivity index (χ4n) is 4.27. The second kappa shape index (κ2) is 7.11. The molecule has 0 unspecified atom stereocenters. The summed E-state index contributed by atoms with van der Waals surface area (Å²) in [4.78, 5) is 23.8. The van der Waals surface area contributed by atoms with Crippen LogP contribution in [0.25, 0.3) is 0 Å². The molecule has 0 radical (unpaired) electrons. The van der Waals surface area contributed by atoms with Crippen molar-refractivity contribution in [3.63, 3.8) is 0 Å². The minimum atomic E-state index is -0.204. The number of fused-ring (bicyclic) bond motifs is 2. The molecule has 0 aromatic carbocycles. The second-order valence-electron chi connectivity index (χ2n) is 6.95. The zero-order valence-corrected chi connectivity index (χ0v) is 14.7. The Morgan fingerprint density at radius 2 is 2.30 bits per heavy atom. The van der Waals surface area contributed by atoms with Crippen molar-refractivity contribution < 1.29 is 4.79 Å². The monoisotopic (exact) mass is 338 g/mol. The smallest absolute Gasteiger partial charge is 0.343 e. The van der Waals surface area contributed by atoms with Gasteiger partial charge < -0.3 is 5.32 Å². The summed E-state index contributed by atoms with van der Waals surface area (Å²) in [5.41, 5.74) is -0.204. The van der Waals surface area contributed by atoms with Crippen LogP contribution in [0.1, 0.15) is 46.0 Å². The van der Waals surface area contributed by atoms with Gasteiger partial charge in [0.05, 0.1) is 5.75 Å². The average molecular weight is 338 g/mol. The third-order valence-corrected chi connectivity index (χ3v) is 6.30. The van der Waals surface area contributed by atoms with Gasteiger partial charge in [0.25, 0.3) is 0 Å². The molecule has 1 heterocycles. The lowest BCUT2D eigenvalue weighted by Crippen LogP contribution is -2.41. The molecule has 6 nitrogen and oxygen atoms in total. The molecule has 1 amide bonds. The van der Waals surface area contributed by atoms with Gasteiger partial charge in [-0.1, -0.05) is 25.1 Å². The molecule has 7 heteroatoms. The van der Waals surface area contributed by atoms with Crippen LogP contribution in [0.3, 0.4) is 0 Å². The molecule has 2 fully saturated rings. The van der Waals surface area contributed by atoms with E-state index in [4.69, 9.17) is 0 Å². The van der Waals surface area contributed by atoms with E-state index < -0.39 is 0 Å². The summed E-state index contributed by atoms with van der Waals surface area (Å²) < 4.78 is 1.59. The van der Waals surface area contributed by atoms with Gasteiger partial charge in [0.15, 0.2) is 5.16 Å². The minimum absolute atomic E-state index is 0.0313. The number of rotatable bonds is 7. The van der Waals surface area contributed by atoms with Crippen molar-refractivity contribution in [1.82, 2.24) is 20.1 Å². The summed E-state index contributed by atoms with van der Waals surface area (Å²) in [7, 11) is 0. The Morgan fingerprint density at radius 3 is 2.96 bits per heavy atom. The van der Waals surface area contributed by atoms with Gasteiger partial charge in [0.2, 0.25) is 5.91 Å². The van der Waals surface area contributed by atoms with Crippen molar-refractivity contribution in [3.8, 4) is 0 Å². The number of carbonyl (C=O) groups excluding carboxylic acids is 1. The van der Waals surface area contributed by atoms with Gasteiger partial charge in [-0.05, 0) is 50.4 Å². The molecule has 0 spiro atoms. The Labute approximate surface area is 140 Å². The molecule has 0 saturated heterocycles. The second-order valence-corrected chi connectivity index (χ2v) is 7.89. The van der Waals surface area contributed by atoms with E-state index in [0.717, 1.165) is 18.3 Å². The maximum atomic E-state index is 12.2. The molecule has 2 saturated carbocycles. The topological polar surface area (TPSA) is 79.8 Å². The van der Waals surface area contributed by atoms with E-state index in [-0.39, 0.29) is 17.6 Å². The number of aromatic nitrogens is 3. The molecule has 4 atom stereocenters. The van der Waals surface area contributed by atoms with Crippen LogP contribution >= 0.6 is 11.8 Å². The lowest BCUT2D eigenvalue weighted by Gasteiger charge is -2.28. The van der Waals surface area contributed by atoms with Crippen molar-refractivity contribution in [2.75, 3.05) is 5.75 Å². The molecule has 2 aliphatic carbocycles. The van der Waals surface area contributed by atoms with E-state index >= 15 is 0 Å². The molecular weight excluding hydrogens is 312 g/mol. The number of carbonyl (C=O) groups is 1. The third kappa shape index (κ3) is 3.65. The van der Waals surface area contributed by atoms with Crippen LogP contribution in [0.4, 0.5) is 0 Å². The summed E-state index contributed by atoms with van der Waals surface area (Å²) >= 11 is 1.32. The molecule has 2 N–H and O–H groups in total. The number of nitrogens with one attached hydrogen (secondary N) is 2. The maximum absolute atomic E-state index is 12.2. The molecule has 1 aromatic rings. The predicted molar refractivity (Wildman–Crippen MR) is 90.4 cm³/mol. The third-order valence-electron chi connectivity index (χ3n) is 5.33. The van der Waals surface area contributed by atoms with E-state index in [1.54, 1.807) is 4.57 Å². The number of H-pyrrole nitrogens is 1. The fourth-order valence-corrected chi connectivity index (χ4v) is 5.06. The van der Waals surface area contributed by atoms with E-state index in [1.165, 1.54) is 37.4 Å². The van der Waals surface area contributed by atoms with Gasteiger partial charge in [-0.25, -0.2) is 9.89 Å². The van der Waals surface area contributed by atoms with Crippen LogP contribution in [-0.4, -0.2) is 32.5 Å². The number of hydrogen-bond acceptors (Lipinski definition) is 4. The molecule has 2 bridgehead atoms. The highest BCUT2D eigenvalue weighted by atomic mass is 32.2. The van der Waals surface area contributed by atoms with E-state index in [0.29, 0.717) is 23.4 Å². The Hall–Kier alpha value is -1.24. The number of aromatic amines is 1. The largest absolute Gasteiger partial charge is 0.353 e. The summed E-state index contributed by atoms with van der Waals surface area (Å²) in [6.07, 6.45) is 6.21. The number of nitrogens with zero attached hydrogens (tertiary/aromatic N) is 2. The fraction of sp³-hybridized carbons (Fsp3) is 0.812. The lowest BCUT2D eigenvalue weighted by atomic mass is 9.84. The van der Waals surface area contributed by atoms with Crippen LogP contribution in [0.5, 0.6) is 0 Å². The minimum Gasteiger partial charge on any atom is -0.353 e. The van der Waals surface area contributed by atoms with E-state index in [2.05, 4.69) is 22.4 Å². The predicted octanol–water partition coefficient (Wildman–Crippen LogP) is 2.01. The highest BCUT2D eigenvalue weighted by Gasteiger charge is 2.42. The normalized spacial score (nSPS) is 27.3. The highest BCUT2D eigenvalue weighted by Crippen LogP contribution is 2.49. The Bertz CT molecular complexity index is 611. The van der Waals surface area contributed by atoms with Gasteiger partial charge in [0.1, 0.15) is 0 Å². The quantitative estimate of drug-likeness (QED) is 0.746. The van der Waals surface area contributed by atoms with Crippen LogP contribution in [0.2, 0.25) is 0 Å².